The standard InChI is InChI=1S/C19H29N3O6/c1-3-7-17(23)22-16(10-14-11-20-12-21-14)18(24)26-13(2)27-19(25)28-15-8-5-4-6-9-15/h11-13,15-16H,3-10H2,1-2H3,(H,20,21)(H,22,23). The molecule has 0 saturated heterocycles. The zero-order valence-electron chi connectivity index (χ0n) is 16.4. The maximum Gasteiger partial charge on any atom is 0.511 e. The number of esters is 1. The second-order valence-corrected chi connectivity index (χ2v) is 6.90. The van der Waals surface area contributed by atoms with Gasteiger partial charge in [0.25, 0.3) is 0 Å². The molecule has 0 bridgehead atoms. The molecule has 28 heavy (non-hydrogen) atoms. The summed E-state index contributed by atoms with van der Waals surface area (Å²) in [6.45, 7) is 3.30. The van der Waals surface area contributed by atoms with Gasteiger partial charge < -0.3 is 24.5 Å². The van der Waals surface area contributed by atoms with Crippen LogP contribution in [0.5, 0.6) is 0 Å². The van der Waals surface area contributed by atoms with E-state index in [1.54, 1.807) is 6.20 Å². The fourth-order valence-corrected chi connectivity index (χ4v) is 3.06. The third-order valence-electron chi connectivity index (χ3n) is 4.44. The Morgan fingerprint density at radius 3 is 2.64 bits per heavy atom. The van der Waals surface area contributed by atoms with Crippen molar-refractivity contribution in [3.05, 3.63) is 18.2 Å². The molecule has 1 aromatic heterocycles. The van der Waals surface area contributed by atoms with Crippen molar-refractivity contribution in [1.82, 2.24) is 15.3 Å². The number of amides is 1. The third-order valence-corrected chi connectivity index (χ3v) is 4.44. The first-order valence-electron chi connectivity index (χ1n) is 9.82. The van der Waals surface area contributed by atoms with E-state index in [0.29, 0.717) is 18.5 Å². The molecule has 1 aromatic rings. The van der Waals surface area contributed by atoms with Crippen molar-refractivity contribution < 1.29 is 28.6 Å². The second-order valence-electron chi connectivity index (χ2n) is 6.90. The van der Waals surface area contributed by atoms with Crippen LogP contribution in [0.2, 0.25) is 0 Å². The average Bonchev–Trinajstić information content (AvgIpc) is 3.15. The van der Waals surface area contributed by atoms with Crippen LogP contribution < -0.4 is 5.32 Å². The highest BCUT2D eigenvalue weighted by molar-refractivity contribution is 5.84. The normalized spacial score (nSPS) is 16.6. The van der Waals surface area contributed by atoms with E-state index in [0.717, 1.165) is 32.1 Å². The highest BCUT2D eigenvalue weighted by Gasteiger charge is 2.27. The summed E-state index contributed by atoms with van der Waals surface area (Å²) in [6, 6.07) is -0.917. The van der Waals surface area contributed by atoms with Crippen LogP contribution in [0.1, 0.15) is 64.5 Å². The summed E-state index contributed by atoms with van der Waals surface area (Å²) in [7, 11) is 0. The van der Waals surface area contributed by atoms with E-state index in [1.165, 1.54) is 13.3 Å². The molecule has 1 heterocycles. The van der Waals surface area contributed by atoms with Crippen molar-refractivity contribution in [2.24, 2.45) is 0 Å². The molecule has 1 aliphatic carbocycles. The van der Waals surface area contributed by atoms with E-state index >= 15 is 0 Å². The Kier molecular flexibility index (Phi) is 8.77. The molecular formula is C19H29N3O6. The highest BCUT2D eigenvalue weighted by atomic mass is 16.8. The van der Waals surface area contributed by atoms with Crippen LogP contribution in [0, 0.1) is 0 Å². The number of H-pyrrole nitrogens is 1. The minimum atomic E-state index is -1.13. The van der Waals surface area contributed by atoms with Gasteiger partial charge in [0.05, 0.1) is 6.33 Å². The summed E-state index contributed by atoms with van der Waals surface area (Å²) in [5.74, 6) is -0.953. The number of carbonyl (C=O) groups is 3. The molecule has 0 aliphatic heterocycles. The zero-order valence-corrected chi connectivity index (χ0v) is 16.4. The van der Waals surface area contributed by atoms with Crippen molar-refractivity contribution in [3.63, 3.8) is 0 Å². The molecule has 2 atom stereocenters. The number of hydrogen-bond donors (Lipinski definition) is 2. The monoisotopic (exact) mass is 395 g/mol. The summed E-state index contributed by atoms with van der Waals surface area (Å²) in [5, 5.41) is 2.65. The molecule has 1 fully saturated rings. The first-order chi connectivity index (χ1) is 13.5. The minimum Gasteiger partial charge on any atom is -0.431 e. The number of rotatable bonds is 9. The number of carbonyl (C=O) groups excluding carboxylic acids is 3. The summed E-state index contributed by atoms with van der Waals surface area (Å²) in [5.41, 5.74) is 0.670. The van der Waals surface area contributed by atoms with Gasteiger partial charge in [-0.1, -0.05) is 13.3 Å². The van der Waals surface area contributed by atoms with Crippen molar-refractivity contribution in [2.75, 3.05) is 0 Å². The number of ether oxygens (including phenoxy) is 3. The Balaban J connectivity index is 1.85. The van der Waals surface area contributed by atoms with Gasteiger partial charge in [0.15, 0.2) is 0 Å². The molecule has 2 unspecified atom stereocenters. The van der Waals surface area contributed by atoms with E-state index < -0.39 is 24.5 Å². The summed E-state index contributed by atoms with van der Waals surface area (Å²) in [4.78, 5) is 43.1. The first-order valence-corrected chi connectivity index (χ1v) is 9.82. The molecule has 0 spiro atoms. The van der Waals surface area contributed by atoms with E-state index in [-0.39, 0.29) is 18.4 Å². The predicted molar refractivity (Wildman–Crippen MR) is 99.1 cm³/mol. The Morgan fingerprint density at radius 2 is 2.00 bits per heavy atom. The number of aromatic amines is 1. The third kappa shape index (κ3) is 7.58. The molecule has 2 rings (SSSR count). The fraction of sp³-hybridized carbons (Fsp3) is 0.684. The largest absolute Gasteiger partial charge is 0.511 e. The van der Waals surface area contributed by atoms with Gasteiger partial charge in [-0.2, -0.15) is 0 Å². The molecule has 9 heteroatoms. The van der Waals surface area contributed by atoms with Gasteiger partial charge in [0, 0.05) is 31.7 Å². The number of nitrogens with one attached hydrogen (secondary N) is 2. The van der Waals surface area contributed by atoms with Gasteiger partial charge in [0.1, 0.15) is 12.1 Å². The Hall–Kier alpha value is -2.58. The van der Waals surface area contributed by atoms with Crippen LogP contribution in [0.3, 0.4) is 0 Å². The number of nitrogens with zero attached hydrogens (tertiary/aromatic N) is 1. The molecule has 0 radical (unpaired) electrons. The van der Waals surface area contributed by atoms with E-state index in [1.807, 2.05) is 6.92 Å². The molecule has 9 nitrogen and oxygen atoms in total. The van der Waals surface area contributed by atoms with Gasteiger partial charge in [0.2, 0.25) is 12.2 Å². The minimum absolute atomic E-state index is 0.148. The quantitative estimate of drug-likeness (QED) is 0.487. The fourth-order valence-electron chi connectivity index (χ4n) is 3.06. The second kappa shape index (κ2) is 11.3. The lowest BCUT2D eigenvalue weighted by Gasteiger charge is -2.23. The van der Waals surface area contributed by atoms with Crippen LogP contribution in [0.25, 0.3) is 0 Å². The molecule has 1 amide bonds. The van der Waals surface area contributed by atoms with Crippen molar-refractivity contribution >= 4 is 18.0 Å². The van der Waals surface area contributed by atoms with Crippen LogP contribution in [0.4, 0.5) is 4.79 Å². The van der Waals surface area contributed by atoms with Gasteiger partial charge in [-0.15, -0.1) is 0 Å². The van der Waals surface area contributed by atoms with E-state index in [2.05, 4.69) is 15.3 Å². The topological polar surface area (TPSA) is 120 Å². The lowest BCUT2D eigenvalue weighted by molar-refractivity contribution is -0.172. The van der Waals surface area contributed by atoms with Crippen LogP contribution in [-0.2, 0) is 30.2 Å². The Labute approximate surface area is 164 Å². The smallest absolute Gasteiger partial charge is 0.431 e. The van der Waals surface area contributed by atoms with Crippen LogP contribution in [-0.4, -0.2) is 46.4 Å². The SMILES string of the molecule is CCCC(=O)NC(Cc1cnc[nH]1)C(=O)OC(C)OC(=O)OC1CCCCC1. The molecule has 1 saturated carbocycles. The molecule has 1 aliphatic rings. The van der Waals surface area contributed by atoms with Gasteiger partial charge in [-0.25, -0.2) is 14.6 Å². The predicted octanol–water partition coefficient (Wildman–Crippen LogP) is 2.61. The number of hydrogen-bond acceptors (Lipinski definition) is 7. The van der Waals surface area contributed by atoms with E-state index in [4.69, 9.17) is 14.2 Å². The maximum atomic E-state index is 12.5. The molecule has 0 aromatic carbocycles. The lowest BCUT2D eigenvalue weighted by Crippen LogP contribution is -2.44. The summed E-state index contributed by atoms with van der Waals surface area (Å²) in [6.07, 6.45) is 6.89. The summed E-state index contributed by atoms with van der Waals surface area (Å²) < 4.78 is 15.5. The van der Waals surface area contributed by atoms with Crippen molar-refractivity contribution in [3.8, 4) is 0 Å². The van der Waals surface area contributed by atoms with Crippen LogP contribution >= 0.6 is 0 Å². The zero-order chi connectivity index (χ0) is 20.4. The average molecular weight is 395 g/mol. The molecule has 156 valence electrons. The number of imidazole rings is 1. The Morgan fingerprint density at radius 1 is 1.25 bits per heavy atom. The van der Waals surface area contributed by atoms with Crippen LogP contribution in [0.15, 0.2) is 12.5 Å². The highest BCUT2D eigenvalue weighted by Crippen LogP contribution is 2.21. The first kappa shape index (κ1) is 21.7. The molecular weight excluding hydrogens is 366 g/mol. The van der Waals surface area contributed by atoms with Gasteiger partial charge in [-0.3, -0.25) is 4.79 Å². The Bertz CT molecular complexity index is 628. The van der Waals surface area contributed by atoms with Gasteiger partial charge in [-0.05, 0) is 32.1 Å². The summed E-state index contributed by atoms with van der Waals surface area (Å²) >= 11 is 0. The van der Waals surface area contributed by atoms with Gasteiger partial charge >= 0.3 is 12.1 Å². The maximum absolute atomic E-state index is 12.5. The van der Waals surface area contributed by atoms with E-state index in [9.17, 15) is 14.4 Å². The lowest BCUT2D eigenvalue weighted by atomic mass is 9.98. The number of aromatic nitrogens is 2. The molecule has 2 N–H and O–H groups in total. The van der Waals surface area contributed by atoms with Crippen molar-refractivity contribution in [2.45, 2.75) is 83.6 Å². The van der Waals surface area contributed by atoms with Crippen molar-refractivity contribution in [1.29, 1.82) is 0 Å².